The van der Waals surface area contributed by atoms with E-state index in [1.54, 1.807) is 0 Å². The van der Waals surface area contributed by atoms with E-state index in [1.165, 1.54) is 42.4 Å². The Balaban J connectivity index is 2.32. The average Bonchev–Trinajstić information content (AvgIpc) is 2.29. The predicted octanol–water partition coefficient (Wildman–Crippen LogP) is 3.12. The number of rotatable bonds is 0. The first-order valence-corrected chi connectivity index (χ1v) is 4.60. The van der Waals surface area contributed by atoms with Crippen LogP contribution in [0.2, 0.25) is 0 Å². The van der Waals surface area contributed by atoms with Gasteiger partial charge in [-0.15, -0.1) is 0 Å². The number of fused-ring (bicyclic) bond motifs is 1. The molecule has 1 aromatic carbocycles. The van der Waals surface area contributed by atoms with Crippen molar-refractivity contribution in [3.63, 3.8) is 0 Å². The monoisotopic (exact) mass is 158 g/mol. The van der Waals surface area contributed by atoms with Crippen molar-refractivity contribution in [2.24, 2.45) is 0 Å². The molecule has 2 rings (SSSR count). The summed E-state index contributed by atoms with van der Waals surface area (Å²) in [4.78, 5) is 0. The minimum atomic E-state index is 1.18. The summed E-state index contributed by atoms with van der Waals surface area (Å²) in [6.45, 7) is 4.06. The normalized spacial score (nSPS) is 16.8. The maximum absolute atomic E-state index is 4.06. The maximum atomic E-state index is 4.06. The smallest absolute Gasteiger partial charge is 0.0239 e. The molecule has 0 aromatic heterocycles. The second-order valence-corrected chi connectivity index (χ2v) is 3.52. The summed E-state index contributed by atoms with van der Waals surface area (Å²) < 4.78 is 0. The van der Waals surface area contributed by atoms with Gasteiger partial charge in [0.1, 0.15) is 0 Å². The molecule has 0 unspecified atom stereocenters. The predicted molar refractivity (Wildman–Crippen MR) is 52.2 cm³/mol. The summed E-state index contributed by atoms with van der Waals surface area (Å²) in [5, 5.41) is 0. The van der Waals surface area contributed by atoms with Crippen LogP contribution in [0.4, 0.5) is 0 Å². The van der Waals surface area contributed by atoms with E-state index in [4.69, 9.17) is 0 Å². The van der Waals surface area contributed by atoms with Crippen molar-refractivity contribution in [2.45, 2.75) is 25.7 Å². The van der Waals surface area contributed by atoms with Gasteiger partial charge in [-0.2, -0.15) is 0 Å². The van der Waals surface area contributed by atoms with E-state index in [-0.39, 0.29) is 0 Å². The first-order valence-electron chi connectivity index (χ1n) is 4.60. The van der Waals surface area contributed by atoms with Gasteiger partial charge in [-0.1, -0.05) is 36.4 Å². The summed E-state index contributed by atoms with van der Waals surface area (Å²) in [6, 6.07) is 8.75. The fourth-order valence-corrected chi connectivity index (χ4v) is 1.79. The lowest BCUT2D eigenvalue weighted by Gasteiger charge is -2.02. The Bertz CT molecular complexity index is 268. The van der Waals surface area contributed by atoms with Crippen LogP contribution < -0.4 is 0 Å². The highest BCUT2D eigenvalue weighted by Gasteiger charge is 2.07. The van der Waals surface area contributed by atoms with Crippen LogP contribution >= 0.6 is 0 Å². The van der Waals surface area contributed by atoms with Crippen molar-refractivity contribution in [1.29, 1.82) is 0 Å². The zero-order chi connectivity index (χ0) is 8.39. The van der Waals surface area contributed by atoms with E-state index < -0.39 is 0 Å². The van der Waals surface area contributed by atoms with E-state index in [2.05, 4.69) is 30.8 Å². The van der Waals surface area contributed by atoms with Crippen molar-refractivity contribution >= 4 is 0 Å². The molecular formula is C12H14. The molecule has 0 spiro atoms. The van der Waals surface area contributed by atoms with Crippen molar-refractivity contribution in [2.75, 3.05) is 0 Å². The Hall–Kier alpha value is -1.04. The summed E-state index contributed by atoms with van der Waals surface area (Å²) in [7, 11) is 0. The van der Waals surface area contributed by atoms with E-state index in [9.17, 15) is 0 Å². The first-order chi connectivity index (χ1) is 5.86. The van der Waals surface area contributed by atoms with E-state index >= 15 is 0 Å². The lowest BCUT2D eigenvalue weighted by Crippen LogP contribution is -1.88. The van der Waals surface area contributed by atoms with Crippen LogP contribution in [-0.2, 0) is 12.8 Å². The molecule has 0 radical (unpaired) electrons. The highest BCUT2D eigenvalue weighted by atomic mass is 14.1. The topological polar surface area (TPSA) is 0 Å². The van der Waals surface area contributed by atoms with Crippen LogP contribution in [0.5, 0.6) is 0 Å². The number of hydrogen-bond donors (Lipinski definition) is 0. The molecule has 0 saturated heterocycles. The number of aryl methyl sites for hydroxylation is 2. The average molecular weight is 158 g/mol. The molecule has 0 aliphatic heterocycles. The Labute approximate surface area is 73.9 Å². The molecule has 0 saturated carbocycles. The SMILES string of the molecule is C=C1CCc2ccccc2CC1. The molecule has 0 N–H and O–H groups in total. The third-order valence-corrected chi connectivity index (χ3v) is 2.61. The van der Waals surface area contributed by atoms with Gasteiger partial charge in [0.25, 0.3) is 0 Å². The highest BCUT2D eigenvalue weighted by Crippen LogP contribution is 2.22. The van der Waals surface area contributed by atoms with Crippen molar-refractivity contribution in [3.8, 4) is 0 Å². The molecule has 1 aliphatic rings. The van der Waals surface area contributed by atoms with Crippen LogP contribution in [0.1, 0.15) is 24.0 Å². The van der Waals surface area contributed by atoms with E-state index in [0.717, 1.165) is 0 Å². The highest BCUT2D eigenvalue weighted by molar-refractivity contribution is 5.30. The van der Waals surface area contributed by atoms with Gasteiger partial charge in [0.05, 0.1) is 0 Å². The van der Waals surface area contributed by atoms with Gasteiger partial charge in [-0.25, -0.2) is 0 Å². The van der Waals surface area contributed by atoms with Gasteiger partial charge in [0, 0.05) is 0 Å². The second kappa shape index (κ2) is 3.14. The molecule has 12 heavy (non-hydrogen) atoms. The Morgan fingerprint density at radius 3 is 1.83 bits per heavy atom. The number of benzene rings is 1. The quantitative estimate of drug-likeness (QED) is 0.402. The standard InChI is InChI=1S/C12H14/c1-10-6-8-11-4-2-3-5-12(11)9-7-10/h2-5H,1,6-9H2. The van der Waals surface area contributed by atoms with Crippen LogP contribution in [0.3, 0.4) is 0 Å². The Morgan fingerprint density at radius 1 is 0.833 bits per heavy atom. The zero-order valence-corrected chi connectivity index (χ0v) is 7.34. The van der Waals surface area contributed by atoms with Crippen LogP contribution in [0.25, 0.3) is 0 Å². The van der Waals surface area contributed by atoms with Crippen molar-refractivity contribution < 1.29 is 0 Å². The third kappa shape index (κ3) is 1.42. The Morgan fingerprint density at radius 2 is 1.33 bits per heavy atom. The molecular weight excluding hydrogens is 144 g/mol. The van der Waals surface area contributed by atoms with Crippen molar-refractivity contribution in [3.05, 3.63) is 47.5 Å². The number of allylic oxidation sites excluding steroid dienone is 1. The van der Waals surface area contributed by atoms with Gasteiger partial charge in [-0.05, 0) is 36.8 Å². The molecule has 0 bridgehead atoms. The first kappa shape index (κ1) is 7.60. The summed E-state index contributed by atoms with van der Waals surface area (Å²) >= 11 is 0. The molecule has 0 nitrogen and oxygen atoms in total. The van der Waals surface area contributed by atoms with E-state index in [0.29, 0.717) is 0 Å². The van der Waals surface area contributed by atoms with Gasteiger partial charge in [-0.3, -0.25) is 0 Å². The second-order valence-electron chi connectivity index (χ2n) is 3.52. The molecule has 1 aromatic rings. The third-order valence-electron chi connectivity index (χ3n) is 2.61. The van der Waals surface area contributed by atoms with Crippen molar-refractivity contribution in [1.82, 2.24) is 0 Å². The van der Waals surface area contributed by atoms with Crippen LogP contribution in [-0.4, -0.2) is 0 Å². The van der Waals surface area contributed by atoms with Gasteiger partial charge in [0.15, 0.2) is 0 Å². The lowest BCUT2D eigenvalue weighted by molar-refractivity contribution is 0.895. The molecule has 1 aliphatic carbocycles. The summed E-state index contributed by atoms with van der Waals surface area (Å²) in [5.74, 6) is 0. The van der Waals surface area contributed by atoms with Gasteiger partial charge >= 0.3 is 0 Å². The molecule has 0 atom stereocenters. The largest absolute Gasteiger partial charge is 0.0998 e. The molecule has 0 heterocycles. The summed E-state index contributed by atoms with van der Waals surface area (Å²) in [6.07, 6.45) is 4.73. The maximum Gasteiger partial charge on any atom is -0.0239 e. The number of hydrogen-bond acceptors (Lipinski definition) is 0. The lowest BCUT2D eigenvalue weighted by atomic mass is 10.0. The fraction of sp³-hybridized carbons (Fsp3) is 0.333. The van der Waals surface area contributed by atoms with Crippen LogP contribution in [0, 0.1) is 0 Å². The molecule has 0 amide bonds. The molecule has 62 valence electrons. The van der Waals surface area contributed by atoms with E-state index in [1.807, 2.05) is 0 Å². The fourth-order valence-electron chi connectivity index (χ4n) is 1.79. The Kier molecular flexibility index (Phi) is 1.99. The van der Waals surface area contributed by atoms with Crippen LogP contribution in [0.15, 0.2) is 36.4 Å². The minimum absolute atomic E-state index is 1.18. The van der Waals surface area contributed by atoms with Gasteiger partial charge < -0.3 is 0 Å². The van der Waals surface area contributed by atoms with Gasteiger partial charge in [0.2, 0.25) is 0 Å². The molecule has 0 fully saturated rings. The summed E-state index contributed by atoms with van der Waals surface area (Å²) in [5.41, 5.74) is 4.46. The molecule has 0 heteroatoms. The minimum Gasteiger partial charge on any atom is -0.0998 e. The zero-order valence-electron chi connectivity index (χ0n) is 7.34.